The normalized spacial score (nSPS) is 10.2. The third-order valence-corrected chi connectivity index (χ3v) is 1.66. The number of carbonyl (C=O) groups excluding carboxylic acids is 1. The molecule has 0 unspecified atom stereocenters. The lowest BCUT2D eigenvalue weighted by molar-refractivity contribution is -0.121. The molecule has 0 spiro atoms. The minimum absolute atomic E-state index is 0.0615. The minimum Gasteiger partial charge on any atom is -0.463 e. The van der Waals surface area contributed by atoms with Crippen LogP contribution in [0.1, 0.15) is 6.92 Å². The van der Waals surface area contributed by atoms with E-state index in [1.807, 2.05) is 6.92 Å². The van der Waals surface area contributed by atoms with Crippen molar-refractivity contribution < 1.29 is 19.0 Å². The number of carbonyl (C=O) groups is 1. The number of nitrogens with one attached hydrogen (secondary N) is 2. The van der Waals surface area contributed by atoms with E-state index in [1.165, 1.54) is 0 Å². The van der Waals surface area contributed by atoms with Gasteiger partial charge in [-0.2, -0.15) is 4.98 Å². The Hall–Kier alpha value is -1.67. The Balaban J connectivity index is 2.24. The summed E-state index contributed by atoms with van der Waals surface area (Å²) in [4.78, 5) is 15.2. The van der Waals surface area contributed by atoms with Crippen molar-refractivity contribution in [2.24, 2.45) is 0 Å². The summed E-state index contributed by atoms with van der Waals surface area (Å²) in [6.45, 7) is 3.03. The van der Waals surface area contributed by atoms with E-state index < -0.39 is 0 Å². The van der Waals surface area contributed by atoms with Gasteiger partial charge in [0.2, 0.25) is 5.95 Å². The quantitative estimate of drug-likeness (QED) is 0.615. The molecule has 1 rings (SSSR count). The molecule has 0 bridgehead atoms. The van der Waals surface area contributed by atoms with Gasteiger partial charge in [0.05, 0.1) is 19.8 Å². The van der Waals surface area contributed by atoms with E-state index in [-0.39, 0.29) is 24.5 Å². The Labute approximate surface area is 98.7 Å². The lowest BCUT2D eigenvalue weighted by atomic mass is 10.6. The molecule has 0 fully saturated rings. The van der Waals surface area contributed by atoms with E-state index in [1.54, 1.807) is 7.11 Å². The molecule has 8 nitrogen and oxygen atoms in total. The predicted molar refractivity (Wildman–Crippen MR) is 58.9 cm³/mol. The van der Waals surface area contributed by atoms with Crippen molar-refractivity contribution in [2.75, 3.05) is 38.9 Å². The van der Waals surface area contributed by atoms with Gasteiger partial charge in [-0.15, -0.1) is 5.10 Å². The topological polar surface area (TPSA) is 98.4 Å². The molecule has 0 aliphatic rings. The van der Waals surface area contributed by atoms with E-state index in [4.69, 9.17) is 14.2 Å². The first kappa shape index (κ1) is 13.4. The Bertz CT molecular complexity index is 341. The van der Waals surface area contributed by atoms with Gasteiger partial charge in [0.25, 0.3) is 5.91 Å². The summed E-state index contributed by atoms with van der Waals surface area (Å²) in [6.07, 6.45) is 0. The van der Waals surface area contributed by atoms with Crippen LogP contribution in [0.15, 0.2) is 0 Å². The van der Waals surface area contributed by atoms with Gasteiger partial charge in [-0.1, -0.05) is 0 Å². The van der Waals surface area contributed by atoms with Crippen LogP contribution >= 0.6 is 0 Å². The van der Waals surface area contributed by atoms with E-state index in [2.05, 4.69) is 20.5 Å². The first-order valence-corrected chi connectivity index (χ1v) is 5.18. The number of hydrogen-bond acceptors (Lipinski definition) is 6. The fourth-order valence-electron chi connectivity index (χ4n) is 0.971. The van der Waals surface area contributed by atoms with E-state index in [9.17, 15) is 4.79 Å². The Morgan fingerprint density at radius 1 is 1.47 bits per heavy atom. The first-order valence-electron chi connectivity index (χ1n) is 5.18. The largest absolute Gasteiger partial charge is 0.463 e. The molecule has 0 radical (unpaired) electrons. The average Bonchev–Trinajstić information content (AvgIpc) is 2.73. The molecule has 8 heteroatoms. The molecule has 0 atom stereocenters. The third kappa shape index (κ3) is 5.27. The van der Waals surface area contributed by atoms with Gasteiger partial charge in [0, 0.05) is 7.11 Å². The van der Waals surface area contributed by atoms with Crippen LogP contribution in [-0.2, 0) is 14.3 Å². The number of aromatic amines is 1. The SMILES string of the molecule is CCOc1n[nH]c(NC(=O)COCCOC)n1. The molecule has 0 saturated heterocycles. The maximum atomic E-state index is 11.3. The Morgan fingerprint density at radius 3 is 3.00 bits per heavy atom. The van der Waals surface area contributed by atoms with Crippen molar-refractivity contribution in [3.8, 4) is 6.01 Å². The van der Waals surface area contributed by atoms with Gasteiger partial charge in [0.15, 0.2) is 0 Å². The molecule has 1 heterocycles. The highest BCUT2D eigenvalue weighted by Gasteiger charge is 2.07. The number of nitrogens with zero attached hydrogens (tertiary/aromatic N) is 2. The number of rotatable bonds is 8. The summed E-state index contributed by atoms with van der Waals surface area (Å²) in [5, 5.41) is 8.74. The molecule has 96 valence electrons. The van der Waals surface area contributed by atoms with E-state index in [0.29, 0.717) is 19.8 Å². The maximum absolute atomic E-state index is 11.3. The third-order valence-electron chi connectivity index (χ3n) is 1.66. The smallest absolute Gasteiger partial charge is 0.337 e. The van der Waals surface area contributed by atoms with Crippen LogP contribution in [0, 0.1) is 0 Å². The molecule has 0 aliphatic heterocycles. The molecular weight excluding hydrogens is 228 g/mol. The summed E-state index contributed by atoms with van der Waals surface area (Å²) < 4.78 is 14.8. The van der Waals surface area contributed by atoms with Gasteiger partial charge in [0.1, 0.15) is 6.61 Å². The highest BCUT2D eigenvalue weighted by molar-refractivity contribution is 5.89. The number of methoxy groups -OCH3 is 1. The fraction of sp³-hybridized carbons (Fsp3) is 0.667. The van der Waals surface area contributed by atoms with Crippen LogP contribution in [-0.4, -0.2) is 54.6 Å². The van der Waals surface area contributed by atoms with Crippen molar-refractivity contribution in [1.29, 1.82) is 0 Å². The molecule has 17 heavy (non-hydrogen) atoms. The molecule has 1 aromatic heterocycles. The lowest BCUT2D eigenvalue weighted by Gasteiger charge is -2.02. The van der Waals surface area contributed by atoms with Crippen molar-refractivity contribution in [1.82, 2.24) is 15.2 Å². The Morgan fingerprint density at radius 2 is 2.29 bits per heavy atom. The number of hydrogen-bond donors (Lipinski definition) is 2. The number of amides is 1. The van der Waals surface area contributed by atoms with Crippen LogP contribution in [0.2, 0.25) is 0 Å². The van der Waals surface area contributed by atoms with Gasteiger partial charge < -0.3 is 14.2 Å². The lowest BCUT2D eigenvalue weighted by Crippen LogP contribution is -2.20. The van der Waals surface area contributed by atoms with E-state index in [0.717, 1.165) is 0 Å². The van der Waals surface area contributed by atoms with Gasteiger partial charge >= 0.3 is 6.01 Å². The number of ether oxygens (including phenoxy) is 3. The summed E-state index contributed by atoms with van der Waals surface area (Å²) in [5.41, 5.74) is 0. The first-order chi connectivity index (χ1) is 8.26. The molecule has 2 N–H and O–H groups in total. The number of anilines is 1. The molecule has 0 aromatic carbocycles. The summed E-state index contributed by atoms with van der Waals surface area (Å²) in [7, 11) is 1.56. The van der Waals surface area contributed by atoms with Crippen molar-refractivity contribution in [3.05, 3.63) is 0 Å². The molecule has 0 saturated carbocycles. The van der Waals surface area contributed by atoms with Gasteiger partial charge in [-0.25, -0.2) is 5.10 Å². The standard InChI is InChI=1S/C9H16N4O4/c1-3-17-9-11-8(12-13-9)10-7(14)6-16-5-4-15-2/h3-6H2,1-2H3,(H2,10,11,12,13,14). The maximum Gasteiger partial charge on any atom is 0.337 e. The second-order valence-electron chi connectivity index (χ2n) is 2.99. The molecular formula is C9H16N4O4. The zero-order chi connectivity index (χ0) is 12.5. The molecule has 1 amide bonds. The van der Waals surface area contributed by atoms with Crippen molar-refractivity contribution >= 4 is 11.9 Å². The highest BCUT2D eigenvalue weighted by atomic mass is 16.5. The molecule has 0 aliphatic carbocycles. The van der Waals surface area contributed by atoms with Gasteiger partial charge in [-0.3, -0.25) is 10.1 Å². The zero-order valence-electron chi connectivity index (χ0n) is 9.86. The molecule has 1 aromatic rings. The van der Waals surface area contributed by atoms with Crippen molar-refractivity contribution in [3.63, 3.8) is 0 Å². The summed E-state index contributed by atoms with van der Waals surface area (Å²) in [5.74, 6) is -0.0888. The minimum atomic E-state index is -0.319. The van der Waals surface area contributed by atoms with E-state index >= 15 is 0 Å². The van der Waals surface area contributed by atoms with Crippen LogP contribution < -0.4 is 10.1 Å². The van der Waals surface area contributed by atoms with Crippen LogP contribution in [0.4, 0.5) is 5.95 Å². The van der Waals surface area contributed by atoms with Crippen LogP contribution in [0.25, 0.3) is 0 Å². The zero-order valence-corrected chi connectivity index (χ0v) is 9.86. The predicted octanol–water partition coefficient (Wildman–Crippen LogP) is -0.195. The summed E-state index contributed by atoms with van der Waals surface area (Å²) >= 11 is 0. The van der Waals surface area contributed by atoms with Crippen molar-refractivity contribution in [2.45, 2.75) is 6.92 Å². The number of aromatic nitrogens is 3. The second kappa shape index (κ2) is 7.58. The fourth-order valence-corrected chi connectivity index (χ4v) is 0.971. The second-order valence-corrected chi connectivity index (χ2v) is 2.99. The Kier molecular flexibility index (Phi) is 5.97. The number of H-pyrrole nitrogens is 1. The van der Waals surface area contributed by atoms with Crippen LogP contribution in [0.5, 0.6) is 6.01 Å². The average molecular weight is 244 g/mol. The van der Waals surface area contributed by atoms with Crippen LogP contribution in [0.3, 0.4) is 0 Å². The van der Waals surface area contributed by atoms with Gasteiger partial charge in [-0.05, 0) is 6.92 Å². The summed E-state index contributed by atoms with van der Waals surface area (Å²) in [6, 6.07) is 0.197. The highest BCUT2D eigenvalue weighted by Crippen LogP contribution is 2.04. The monoisotopic (exact) mass is 244 g/mol.